The Kier molecular flexibility index (Phi) is 3.48. The Morgan fingerprint density at radius 1 is 1.53 bits per heavy atom. The molecular weight excluding hydrogens is 220 g/mol. The van der Waals surface area contributed by atoms with Gasteiger partial charge in [0.25, 0.3) is 0 Å². The van der Waals surface area contributed by atoms with Crippen LogP contribution in [0.3, 0.4) is 0 Å². The third kappa shape index (κ3) is 2.88. The fourth-order valence-corrected chi connectivity index (χ4v) is 1.83. The number of aromatic amines is 1. The number of hydrogen-bond acceptors (Lipinski definition) is 5. The molecule has 1 aliphatic rings. The zero-order valence-corrected chi connectivity index (χ0v) is 9.92. The first-order chi connectivity index (χ1) is 8.16. The molecule has 1 aromatic heterocycles. The lowest BCUT2D eigenvalue weighted by molar-refractivity contribution is -0.129. The first-order valence-corrected chi connectivity index (χ1v) is 5.71. The molecule has 17 heavy (non-hydrogen) atoms. The number of carbonyl (C=O) groups excluding carboxylic acids is 1. The van der Waals surface area contributed by atoms with Crippen molar-refractivity contribution in [2.24, 2.45) is 0 Å². The molecule has 0 unspecified atom stereocenters. The first kappa shape index (κ1) is 11.7. The van der Waals surface area contributed by atoms with Crippen molar-refractivity contribution in [2.75, 3.05) is 43.8 Å². The number of amides is 1. The fourth-order valence-electron chi connectivity index (χ4n) is 1.83. The zero-order valence-electron chi connectivity index (χ0n) is 9.92. The Balaban J connectivity index is 1.85. The number of aromatic nitrogens is 2. The van der Waals surface area contributed by atoms with Crippen molar-refractivity contribution in [1.29, 1.82) is 0 Å². The first-order valence-electron chi connectivity index (χ1n) is 5.71. The summed E-state index contributed by atoms with van der Waals surface area (Å²) >= 11 is 0. The van der Waals surface area contributed by atoms with Gasteiger partial charge in [-0.2, -0.15) is 0 Å². The van der Waals surface area contributed by atoms with Crippen molar-refractivity contribution in [3.05, 3.63) is 5.82 Å². The highest BCUT2D eigenvalue weighted by molar-refractivity contribution is 5.81. The Morgan fingerprint density at radius 2 is 2.24 bits per heavy atom. The number of nitrogens with two attached hydrogens (primary N) is 1. The molecule has 0 saturated carbocycles. The number of H-pyrrole nitrogens is 1. The second kappa shape index (κ2) is 5.05. The van der Waals surface area contributed by atoms with E-state index >= 15 is 0 Å². The number of nitrogen functional groups attached to an aromatic ring is 1. The Hall–Kier alpha value is -1.76. The number of nitrogens with zero attached hydrogens (tertiary/aromatic N) is 2. The van der Waals surface area contributed by atoms with Gasteiger partial charge in [0.1, 0.15) is 11.6 Å². The molecule has 7 heteroatoms. The molecule has 2 rings (SSSR count). The van der Waals surface area contributed by atoms with E-state index in [9.17, 15) is 4.79 Å². The Labute approximate surface area is 99.8 Å². The van der Waals surface area contributed by atoms with Gasteiger partial charge in [0.05, 0.1) is 6.54 Å². The summed E-state index contributed by atoms with van der Waals surface area (Å²) in [5, 5.41) is 6.16. The minimum Gasteiger partial charge on any atom is -0.382 e. The minimum absolute atomic E-state index is 0.0755. The Morgan fingerprint density at radius 3 is 2.82 bits per heavy atom. The SMILES string of the molecule is Cc1nc(NCC(=O)N2CCNCC2)c(N)[nH]1. The number of imidazole rings is 1. The maximum absolute atomic E-state index is 11.8. The van der Waals surface area contributed by atoms with E-state index in [4.69, 9.17) is 5.73 Å². The molecule has 2 heterocycles. The second-order valence-electron chi connectivity index (χ2n) is 4.07. The summed E-state index contributed by atoms with van der Waals surface area (Å²) in [6.45, 7) is 5.28. The van der Waals surface area contributed by atoms with Crippen LogP contribution in [0.1, 0.15) is 5.82 Å². The number of anilines is 2. The molecule has 1 amide bonds. The van der Waals surface area contributed by atoms with Crippen molar-refractivity contribution < 1.29 is 4.79 Å². The highest BCUT2D eigenvalue weighted by Gasteiger charge is 2.16. The van der Waals surface area contributed by atoms with Gasteiger partial charge in [0, 0.05) is 26.2 Å². The molecule has 1 aromatic rings. The zero-order chi connectivity index (χ0) is 12.3. The third-order valence-electron chi connectivity index (χ3n) is 2.73. The predicted molar refractivity (Wildman–Crippen MR) is 65.7 cm³/mol. The fraction of sp³-hybridized carbons (Fsp3) is 0.600. The highest BCUT2D eigenvalue weighted by atomic mass is 16.2. The van der Waals surface area contributed by atoms with E-state index in [2.05, 4.69) is 20.6 Å². The standard InChI is InChI=1S/C10H18N6O/c1-7-14-9(11)10(15-7)13-6-8(17)16-4-2-12-3-5-16/h12-13H,2-6,11H2,1H3,(H,14,15). The van der Waals surface area contributed by atoms with Crippen molar-refractivity contribution in [3.8, 4) is 0 Å². The van der Waals surface area contributed by atoms with E-state index in [-0.39, 0.29) is 12.5 Å². The average molecular weight is 238 g/mol. The molecule has 1 aliphatic heterocycles. The van der Waals surface area contributed by atoms with Crippen molar-refractivity contribution in [2.45, 2.75) is 6.92 Å². The van der Waals surface area contributed by atoms with Gasteiger partial charge >= 0.3 is 0 Å². The van der Waals surface area contributed by atoms with Crippen molar-refractivity contribution in [1.82, 2.24) is 20.2 Å². The van der Waals surface area contributed by atoms with Crippen molar-refractivity contribution in [3.63, 3.8) is 0 Å². The van der Waals surface area contributed by atoms with Gasteiger partial charge in [-0.05, 0) is 6.92 Å². The summed E-state index contributed by atoms with van der Waals surface area (Å²) < 4.78 is 0. The maximum Gasteiger partial charge on any atom is 0.242 e. The van der Waals surface area contributed by atoms with E-state index < -0.39 is 0 Å². The summed E-state index contributed by atoms with van der Waals surface area (Å²) in [5.74, 6) is 1.83. The molecule has 7 nitrogen and oxygen atoms in total. The maximum atomic E-state index is 11.8. The van der Waals surface area contributed by atoms with E-state index in [1.165, 1.54) is 0 Å². The van der Waals surface area contributed by atoms with Gasteiger partial charge in [-0.3, -0.25) is 4.79 Å². The molecule has 0 bridgehead atoms. The molecular formula is C10H18N6O. The normalized spacial score (nSPS) is 15.9. The molecule has 94 valence electrons. The molecule has 0 spiro atoms. The number of rotatable bonds is 3. The monoisotopic (exact) mass is 238 g/mol. The van der Waals surface area contributed by atoms with Gasteiger partial charge in [0.15, 0.2) is 5.82 Å². The summed E-state index contributed by atoms with van der Waals surface area (Å²) in [7, 11) is 0. The van der Waals surface area contributed by atoms with Crippen molar-refractivity contribution >= 4 is 17.5 Å². The molecule has 0 radical (unpaired) electrons. The second-order valence-corrected chi connectivity index (χ2v) is 4.07. The minimum atomic E-state index is 0.0755. The average Bonchev–Trinajstić information content (AvgIpc) is 2.66. The lowest BCUT2D eigenvalue weighted by atomic mass is 10.3. The van der Waals surface area contributed by atoms with E-state index in [1.54, 1.807) is 0 Å². The number of piperazine rings is 1. The summed E-state index contributed by atoms with van der Waals surface area (Å²) in [5.41, 5.74) is 5.69. The van der Waals surface area contributed by atoms with E-state index in [0.717, 1.165) is 32.0 Å². The van der Waals surface area contributed by atoms with Gasteiger partial charge < -0.3 is 26.3 Å². The molecule has 5 N–H and O–H groups in total. The van der Waals surface area contributed by atoms with Gasteiger partial charge in [-0.15, -0.1) is 0 Å². The highest BCUT2D eigenvalue weighted by Crippen LogP contribution is 2.13. The van der Waals surface area contributed by atoms with Crippen LogP contribution in [0.2, 0.25) is 0 Å². The molecule has 0 aromatic carbocycles. The predicted octanol–water partition coefficient (Wildman–Crippen LogP) is -0.856. The largest absolute Gasteiger partial charge is 0.382 e. The van der Waals surface area contributed by atoms with E-state index in [1.807, 2.05) is 11.8 Å². The number of aryl methyl sites for hydroxylation is 1. The number of nitrogens with one attached hydrogen (secondary N) is 3. The van der Waals surface area contributed by atoms with Gasteiger partial charge in [-0.25, -0.2) is 4.98 Å². The van der Waals surface area contributed by atoms with Crippen LogP contribution >= 0.6 is 0 Å². The van der Waals surface area contributed by atoms with Gasteiger partial charge in [-0.1, -0.05) is 0 Å². The summed E-state index contributed by atoms with van der Waals surface area (Å²) in [6.07, 6.45) is 0. The quantitative estimate of drug-likeness (QED) is 0.549. The number of carbonyl (C=O) groups is 1. The van der Waals surface area contributed by atoms with E-state index in [0.29, 0.717) is 11.6 Å². The molecule has 0 aliphatic carbocycles. The summed E-state index contributed by atoms with van der Waals surface area (Å²) in [6, 6.07) is 0. The van der Waals surface area contributed by atoms with Crippen LogP contribution in [-0.2, 0) is 4.79 Å². The van der Waals surface area contributed by atoms with Crippen LogP contribution < -0.4 is 16.4 Å². The number of hydrogen-bond donors (Lipinski definition) is 4. The topological polar surface area (TPSA) is 99.1 Å². The molecule has 1 fully saturated rings. The molecule has 1 saturated heterocycles. The van der Waals surface area contributed by atoms with Crippen LogP contribution in [-0.4, -0.2) is 53.5 Å². The van der Waals surface area contributed by atoms with Crippen LogP contribution in [0.15, 0.2) is 0 Å². The van der Waals surface area contributed by atoms with Crippen LogP contribution in [0.4, 0.5) is 11.6 Å². The van der Waals surface area contributed by atoms with Crippen LogP contribution in [0, 0.1) is 6.92 Å². The lowest BCUT2D eigenvalue weighted by Crippen LogP contribution is -2.48. The summed E-state index contributed by atoms with van der Waals surface area (Å²) in [4.78, 5) is 20.7. The lowest BCUT2D eigenvalue weighted by Gasteiger charge is -2.27. The molecule has 0 atom stereocenters. The Bertz CT molecular complexity index is 396. The van der Waals surface area contributed by atoms with Crippen LogP contribution in [0.25, 0.3) is 0 Å². The van der Waals surface area contributed by atoms with Crippen LogP contribution in [0.5, 0.6) is 0 Å². The smallest absolute Gasteiger partial charge is 0.242 e. The van der Waals surface area contributed by atoms with Gasteiger partial charge in [0.2, 0.25) is 5.91 Å². The third-order valence-corrected chi connectivity index (χ3v) is 2.73.